The maximum atomic E-state index is 11.2. The van der Waals surface area contributed by atoms with E-state index in [0.717, 1.165) is 0 Å². The van der Waals surface area contributed by atoms with Crippen molar-refractivity contribution in [3.63, 3.8) is 0 Å². The number of nitrogens with two attached hydrogens (primary N) is 1. The highest BCUT2D eigenvalue weighted by Crippen LogP contribution is 1.80. The molecule has 0 unspecified atom stereocenters. The number of carbonyl (C=O) groups is 2. The number of halogens is 1. The summed E-state index contributed by atoms with van der Waals surface area (Å²) in [4.78, 5) is 23.3. The maximum Gasteiger partial charge on any atom is 0.325 e. The van der Waals surface area contributed by atoms with Gasteiger partial charge in [0.1, 0.15) is 6.54 Å². The van der Waals surface area contributed by atoms with E-state index in [9.17, 15) is 9.59 Å². The van der Waals surface area contributed by atoms with Crippen LogP contribution in [0.2, 0.25) is 0 Å². The quantitative estimate of drug-likeness (QED) is 0.327. The summed E-state index contributed by atoms with van der Waals surface area (Å²) >= 11 is 0. The van der Waals surface area contributed by atoms with E-state index >= 15 is 0 Å². The van der Waals surface area contributed by atoms with Crippen LogP contribution in [0.25, 0.3) is 0 Å². The molecule has 0 aliphatic heterocycles. The first kappa shape index (κ1) is 16.9. The Kier molecular flexibility index (Phi) is 9.28. The van der Waals surface area contributed by atoms with Gasteiger partial charge in [-0.05, 0) is 6.92 Å². The van der Waals surface area contributed by atoms with Crippen molar-refractivity contribution in [3.8, 4) is 0 Å². The fourth-order valence-electron chi connectivity index (χ4n) is 0.739. The van der Waals surface area contributed by atoms with E-state index in [4.69, 9.17) is 11.1 Å². The van der Waals surface area contributed by atoms with Crippen LogP contribution in [0.15, 0.2) is 0 Å². The fraction of sp³-hybridized carbons (Fsp3) is 0.625. The number of amides is 1. The zero-order valence-electron chi connectivity index (χ0n) is 9.28. The minimum absolute atomic E-state index is 0. The molecule has 0 radical (unpaired) electrons. The lowest BCUT2D eigenvalue weighted by Crippen LogP contribution is -2.42. The average Bonchev–Trinajstić information content (AvgIpc) is 2.15. The summed E-state index contributed by atoms with van der Waals surface area (Å²) in [5.41, 5.74) is 5.13. The molecule has 0 rings (SSSR count). The van der Waals surface area contributed by atoms with Crippen LogP contribution < -0.4 is 11.1 Å². The number of carbonyl (C=O) groups excluding carboxylic acids is 2. The van der Waals surface area contributed by atoms with E-state index in [1.54, 1.807) is 6.92 Å². The number of guanidine groups is 1. The summed E-state index contributed by atoms with van der Waals surface area (Å²) < 4.78 is 4.61. The first-order chi connectivity index (χ1) is 6.97. The SMILES string of the molecule is CCOC(=O)CNC(=O)CN(C)C(=N)N.Cl. The van der Waals surface area contributed by atoms with Gasteiger partial charge in [0.25, 0.3) is 0 Å². The van der Waals surface area contributed by atoms with Gasteiger partial charge in [-0.15, -0.1) is 12.4 Å². The van der Waals surface area contributed by atoms with Crippen molar-refractivity contribution >= 4 is 30.2 Å². The molecule has 0 aromatic carbocycles. The summed E-state index contributed by atoms with van der Waals surface area (Å²) in [5, 5.41) is 9.35. The van der Waals surface area contributed by atoms with Gasteiger partial charge < -0.3 is 20.7 Å². The van der Waals surface area contributed by atoms with Gasteiger partial charge in [0.15, 0.2) is 5.96 Å². The van der Waals surface area contributed by atoms with Gasteiger partial charge in [0, 0.05) is 7.05 Å². The number of likely N-dealkylation sites (N-methyl/N-ethyl adjacent to an activating group) is 1. The van der Waals surface area contributed by atoms with Gasteiger partial charge in [-0.1, -0.05) is 0 Å². The second-order valence-corrected chi connectivity index (χ2v) is 2.82. The molecule has 0 saturated heterocycles. The van der Waals surface area contributed by atoms with Crippen LogP contribution in [-0.4, -0.2) is 49.5 Å². The van der Waals surface area contributed by atoms with Crippen molar-refractivity contribution in [2.24, 2.45) is 5.73 Å². The lowest BCUT2D eigenvalue weighted by atomic mass is 10.5. The molecular formula is C8H17ClN4O3. The minimum atomic E-state index is -0.490. The van der Waals surface area contributed by atoms with Crippen molar-refractivity contribution in [2.75, 3.05) is 26.7 Å². The minimum Gasteiger partial charge on any atom is -0.465 e. The molecule has 4 N–H and O–H groups in total. The summed E-state index contributed by atoms with van der Waals surface area (Å²) in [7, 11) is 1.51. The maximum absolute atomic E-state index is 11.2. The zero-order chi connectivity index (χ0) is 11.8. The number of ether oxygens (including phenoxy) is 1. The third kappa shape index (κ3) is 7.86. The first-order valence-electron chi connectivity index (χ1n) is 4.44. The Balaban J connectivity index is 0. The molecule has 0 aliphatic carbocycles. The van der Waals surface area contributed by atoms with Crippen molar-refractivity contribution in [1.29, 1.82) is 5.41 Å². The fourth-order valence-corrected chi connectivity index (χ4v) is 0.739. The molecule has 0 fully saturated rings. The predicted molar refractivity (Wildman–Crippen MR) is 61.4 cm³/mol. The number of esters is 1. The van der Waals surface area contributed by atoms with E-state index in [1.807, 2.05) is 0 Å². The monoisotopic (exact) mass is 252 g/mol. The Bertz CT molecular complexity index is 260. The van der Waals surface area contributed by atoms with E-state index in [0.29, 0.717) is 0 Å². The van der Waals surface area contributed by atoms with Crippen molar-refractivity contribution < 1.29 is 14.3 Å². The highest BCUT2D eigenvalue weighted by Gasteiger charge is 2.09. The molecule has 0 aliphatic rings. The second-order valence-electron chi connectivity index (χ2n) is 2.82. The Morgan fingerprint density at radius 1 is 1.50 bits per heavy atom. The number of rotatable bonds is 5. The number of hydrogen-bond donors (Lipinski definition) is 3. The van der Waals surface area contributed by atoms with Crippen LogP contribution in [0.5, 0.6) is 0 Å². The largest absolute Gasteiger partial charge is 0.465 e. The van der Waals surface area contributed by atoms with Crippen molar-refractivity contribution in [1.82, 2.24) is 10.2 Å². The molecule has 0 heterocycles. The lowest BCUT2D eigenvalue weighted by Gasteiger charge is -2.15. The highest BCUT2D eigenvalue weighted by molar-refractivity contribution is 5.86. The Morgan fingerprint density at radius 3 is 2.50 bits per heavy atom. The normalized spacial score (nSPS) is 8.62. The van der Waals surface area contributed by atoms with Crippen molar-refractivity contribution in [3.05, 3.63) is 0 Å². The standard InChI is InChI=1S/C8H16N4O3.ClH/c1-3-15-7(14)4-11-6(13)5-12(2)8(9)10;/h3-5H2,1-2H3,(H3,9,10)(H,11,13);1H. The van der Waals surface area contributed by atoms with Gasteiger partial charge in [0.2, 0.25) is 5.91 Å². The molecule has 0 aromatic rings. The van der Waals surface area contributed by atoms with Gasteiger partial charge >= 0.3 is 5.97 Å². The van der Waals surface area contributed by atoms with Gasteiger partial charge in [-0.25, -0.2) is 0 Å². The lowest BCUT2D eigenvalue weighted by molar-refractivity contribution is -0.143. The van der Waals surface area contributed by atoms with Gasteiger partial charge in [0.05, 0.1) is 13.2 Å². The van der Waals surface area contributed by atoms with E-state index in [-0.39, 0.29) is 44.0 Å². The van der Waals surface area contributed by atoms with Crippen LogP contribution in [0.4, 0.5) is 0 Å². The molecular weight excluding hydrogens is 236 g/mol. The molecule has 7 nitrogen and oxygen atoms in total. The molecule has 0 bridgehead atoms. The predicted octanol–water partition coefficient (Wildman–Crippen LogP) is -1.09. The molecule has 1 amide bonds. The molecule has 0 saturated carbocycles. The molecule has 0 aromatic heterocycles. The molecule has 8 heteroatoms. The van der Waals surface area contributed by atoms with E-state index in [2.05, 4.69) is 10.1 Å². The highest BCUT2D eigenvalue weighted by atomic mass is 35.5. The molecule has 0 atom stereocenters. The van der Waals surface area contributed by atoms with Crippen LogP contribution in [0.3, 0.4) is 0 Å². The van der Waals surface area contributed by atoms with E-state index < -0.39 is 5.97 Å². The summed E-state index contributed by atoms with van der Waals surface area (Å²) in [6, 6.07) is 0. The van der Waals surface area contributed by atoms with Crippen LogP contribution >= 0.6 is 12.4 Å². The van der Waals surface area contributed by atoms with Gasteiger partial charge in [-0.2, -0.15) is 0 Å². The number of hydrogen-bond acceptors (Lipinski definition) is 4. The Hall–Kier alpha value is -1.50. The summed E-state index contributed by atoms with van der Waals surface area (Å²) in [5.74, 6) is -1.08. The number of nitrogens with zero attached hydrogens (tertiary/aromatic N) is 1. The smallest absolute Gasteiger partial charge is 0.325 e. The summed E-state index contributed by atoms with van der Waals surface area (Å²) in [6.07, 6.45) is 0. The average molecular weight is 253 g/mol. The third-order valence-electron chi connectivity index (χ3n) is 1.53. The molecule has 94 valence electrons. The van der Waals surface area contributed by atoms with Crippen LogP contribution in [-0.2, 0) is 14.3 Å². The molecule has 16 heavy (non-hydrogen) atoms. The Morgan fingerprint density at radius 2 is 2.06 bits per heavy atom. The van der Waals surface area contributed by atoms with Crippen LogP contribution in [0.1, 0.15) is 6.92 Å². The summed E-state index contributed by atoms with van der Waals surface area (Å²) in [6.45, 7) is 1.73. The second kappa shape index (κ2) is 8.78. The molecule has 0 spiro atoms. The van der Waals surface area contributed by atoms with Gasteiger partial charge in [-0.3, -0.25) is 15.0 Å². The zero-order valence-corrected chi connectivity index (χ0v) is 10.1. The number of nitrogens with one attached hydrogen (secondary N) is 2. The Labute approximate surface area is 100 Å². The van der Waals surface area contributed by atoms with Crippen LogP contribution in [0, 0.1) is 5.41 Å². The first-order valence-corrected chi connectivity index (χ1v) is 4.44. The third-order valence-corrected chi connectivity index (χ3v) is 1.53. The topological polar surface area (TPSA) is 109 Å². The van der Waals surface area contributed by atoms with E-state index in [1.165, 1.54) is 11.9 Å². The van der Waals surface area contributed by atoms with Crippen molar-refractivity contribution in [2.45, 2.75) is 6.92 Å².